The highest BCUT2D eigenvalue weighted by Crippen LogP contribution is 2.47. The van der Waals surface area contributed by atoms with Crippen molar-refractivity contribution in [3.05, 3.63) is 53.7 Å². The number of alkyl halides is 3. The summed E-state index contributed by atoms with van der Waals surface area (Å²) in [7, 11) is 4.19. The second-order valence-electron chi connectivity index (χ2n) is 10.1. The standard InChI is InChI=1S/C25H32F3N5O/c1-31(2)24(18-7-4-3-5-8-18)11-9-23(10-12-24)17-33(22(34)30-23)19-15-20(25(26,27)28)21(29-16-19)32-13-6-14-32/h3-5,7-8,15-16,22,30,34H,6,9-14,17H2,1-2H3/t22?,23-,24+. The van der Waals surface area contributed by atoms with Crippen LogP contribution in [0.5, 0.6) is 0 Å². The highest BCUT2D eigenvalue weighted by molar-refractivity contribution is 5.59. The number of rotatable bonds is 4. The average molecular weight is 476 g/mol. The van der Waals surface area contributed by atoms with Gasteiger partial charge in [-0.05, 0) is 57.8 Å². The first-order chi connectivity index (χ1) is 16.1. The highest BCUT2D eigenvalue weighted by atomic mass is 19.4. The second-order valence-corrected chi connectivity index (χ2v) is 10.1. The molecule has 1 aromatic heterocycles. The molecule has 3 aliphatic rings. The van der Waals surface area contributed by atoms with E-state index in [1.54, 1.807) is 9.80 Å². The molecule has 3 fully saturated rings. The van der Waals surface area contributed by atoms with E-state index in [0.717, 1.165) is 38.2 Å². The van der Waals surface area contributed by atoms with E-state index in [1.165, 1.54) is 11.8 Å². The zero-order chi connectivity index (χ0) is 24.1. The molecule has 0 radical (unpaired) electrons. The quantitative estimate of drug-likeness (QED) is 0.702. The number of nitrogens with zero attached hydrogens (tertiary/aromatic N) is 4. The number of hydrogen-bond donors (Lipinski definition) is 2. The first-order valence-electron chi connectivity index (χ1n) is 11.9. The lowest BCUT2D eigenvalue weighted by molar-refractivity contribution is -0.137. The van der Waals surface area contributed by atoms with Crippen LogP contribution in [-0.4, -0.2) is 60.6 Å². The third-order valence-electron chi connectivity index (χ3n) is 8.05. The van der Waals surface area contributed by atoms with Crippen molar-refractivity contribution in [2.45, 2.75) is 55.7 Å². The van der Waals surface area contributed by atoms with Crippen LogP contribution in [0.25, 0.3) is 0 Å². The van der Waals surface area contributed by atoms with Gasteiger partial charge in [0.2, 0.25) is 0 Å². The van der Waals surface area contributed by atoms with Crippen LogP contribution in [0.4, 0.5) is 24.7 Å². The Kier molecular flexibility index (Phi) is 5.77. The summed E-state index contributed by atoms with van der Waals surface area (Å²) in [5.74, 6) is -0.0184. The molecule has 1 spiro atoms. The average Bonchev–Trinajstić information content (AvgIpc) is 3.09. The normalized spacial score (nSPS) is 29.7. The molecule has 1 unspecified atom stereocenters. The molecule has 2 saturated heterocycles. The molecule has 1 aromatic carbocycles. The van der Waals surface area contributed by atoms with Gasteiger partial charge in [0.25, 0.3) is 0 Å². The van der Waals surface area contributed by atoms with Crippen LogP contribution in [-0.2, 0) is 11.7 Å². The molecule has 0 amide bonds. The lowest BCUT2D eigenvalue weighted by atomic mass is 9.69. The molecule has 2 N–H and O–H groups in total. The topological polar surface area (TPSA) is 54.9 Å². The van der Waals surface area contributed by atoms with E-state index < -0.39 is 18.1 Å². The number of hydrogen-bond acceptors (Lipinski definition) is 6. The summed E-state index contributed by atoms with van der Waals surface area (Å²) >= 11 is 0. The van der Waals surface area contributed by atoms with Gasteiger partial charge in [0.05, 0.1) is 11.9 Å². The lowest BCUT2D eigenvalue weighted by Gasteiger charge is -2.49. The fraction of sp³-hybridized carbons (Fsp3) is 0.560. The van der Waals surface area contributed by atoms with E-state index in [9.17, 15) is 18.3 Å². The number of aliphatic hydroxyl groups is 1. The highest BCUT2D eigenvalue weighted by Gasteiger charge is 2.50. The molecule has 0 bridgehead atoms. The Morgan fingerprint density at radius 1 is 1.09 bits per heavy atom. The molecular formula is C25H32F3N5O. The van der Waals surface area contributed by atoms with Gasteiger partial charge in [0.1, 0.15) is 11.4 Å². The molecule has 3 heterocycles. The minimum absolute atomic E-state index is 0.0184. The number of aromatic nitrogens is 1. The van der Waals surface area contributed by atoms with Crippen molar-refractivity contribution in [2.75, 3.05) is 43.5 Å². The fourth-order valence-electron chi connectivity index (χ4n) is 5.82. The number of benzene rings is 1. The van der Waals surface area contributed by atoms with Gasteiger partial charge in [-0.25, -0.2) is 4.98 Å². The van der Waals surface area contributed by atoms with E-state index in [2.05, 4.69) is 53.6 Å². The maximum absolute atomic E-state index is 13.8. The van der Waals surface area contributed by atoms with Gasteiger partial charge >= 0.3 is 6.18 Å². The van der Waals surface area contributed by atoms with E-state index in [-0.39, 0.29) is 16.9 Å². The van der Waals surface area contributed by atoms with Gasteiger partial charge in [0, 0.05) is 30.7 Å². The van der Waals surface area contributed by atoms with Gasteiger partial charge in [-0.2, -0.15) is 13.2 Å². The van der Waals surface area contributed by atoms with Crippen LogP contribution in [0.3, 0.4) is 0 Å². The Morgan fingerprint density at radius 2 is 1.76 bits per heavy atom. The third-order valence-corrected chi connectivity index (χ3v) is 8.05. The van der Waals surface area contributed by atoms with Crippen molar-refractivity contribution in [3.63, 3.8) is 0 Å². The SMILES string of the molecule is CN(C)[C@]1(c2ccccc2)CC[C@]2(CC1)CN(c1cnc(N3CCC3)c(C(F)(F)F)c1)C(O)N2. The zero-order valence-electron chi connectivity index (χ0n) is 19.6. The molecule has 5 rings (SSSR count). The molecular weight excluding hydrogens is 443 g/mol. The fourth-order valence-corrected chi connectivity index (χ4v) is 5.82. The van der Waals surface area contributed by atoms with Crippen molar-refractivity contribution in [1.29, 1.82) is 0 Å². The first kappa shape index (κ1) is 23.4. The van der Waals surface area contributed by atoms with Gasteiger partial charge < -0.3 is 14.9 Å². The lowest BCUT2D eigenvalue weighted by Crippen LogP contribution is -2.54. The maximum Gasteiger partial charge on any atom is 0.420 e. The summed E-state index contributed by atoms with van der Waals surface area (Å²) < 4.78 is 41.5. The molecule has 184 valence electrons. The molecule has 2 aromatic rings. The van der Waals surface area contributed by atoms with Gasteiger partial charge in [-0.15, -0.1) is 0 Å². The number of aliphatic hydroxyl groups excluding tert-OH is 1. The molecule has 1 saturated carbocycles. The van der Waals surface area contributed by atoms with Gasteiger partial charge in [-0.1, -0.05) is 30.3 Å². The molecule has 2 aliphatic heterocycles. The van der Waals surface area contributed by atoms with Gasteiger partial charge in [-0.3, -0.25) is 10.2 Å². The summed E-state index contributed by atoms with van der Waals surface area (Å²) in [4.78, 5) is 9.72. The molecule has 1 aliphatic carbocycles. The van der Waals surface area contributed by atoms with Crippen molar-refractivity contribution in [3.8, 4) is 0 Å². The van der Waals surface area contributed by atoms with Crippen molar-refractivity contribution in [1.82, 2.24) is 15.2 Å². The monoisotopic (exact) mass is 475 g/mol. The summed E-state index contributed by atoms with van der Waals surface area (Å²) in [5, 5.41) is 14.1. The Hall–Kier alpha value is -2.36. The molecule has 1 atom stereocenters. The Balaban J connectivity index is 1.38. The smallest absolute Gasteiger partial charge is 0.361 e. The van der Waals surface area contributed by atoms with Crippen LogP contribution in [0.1, 0.15) is 43.2 Å². The van der Waals surface area contributed by atoms with Crippen LogP contribution < -0.4 is 15.1 Å². The van der Waals surface area contributed by atoms with Gasteiger partial charge in [0.15, 0.2) is 6.35 Å². The van der Waals surface area contributed by atoms with Crippen LogP contribution in [0.15, 0.2) is 42.6 Å². The van der Waals surface area contributed by atoms with E-state index in [4.69, 9.17) is 0 Å². The Labute approximate surface area is 198 Å². The largest absolute Gasteiger partial charge is 0.420 e. The number of pyridine rings is 1. The summed E-state index contributed by atoms with van der Waals surface area (Å²) in [6, 6.07) is 11.6. The van der Waals surface area contributed by atoms with Crippen molar-refractivity contribution >= 4 is 11.5 Å². The minimum Gasteiger partial charge on any atom is -0.361 e. The predicted molar refractivity (Wildman–Crippen MR) is 126 cm³/mol. The first-order valence-corrected chi connectivity index (χ1v) is 11.9. The Morgan fingerprint density at radius 3 is 2.32 bits per heavy atom. The minimum atomic E-state index is -4.50. The van der Waals surface area contributed by atoms with Crippen molar-refractivity contribution in [2.24, 2.45) is 0 Å². The van der Waals surface area contributed by atoms with E-state index in [0.29, 0.717) is 25.3 Å². The molecule has 9 heteroatoms. The van der Waals surface area contributed by atoms with E-state index >= 15 is 0 Å². The second kappa shape index (κ2) is 8.39. The van der Waals surface area contributed by atoms with Crippen LogP contribution in [0.2, 0.25) is 0 Å². The Bertz CT molecular complexity index is 1020. The molecule has 34 heavy (non-hydrogen) atoms. The summed E-state index contributed by atoms with van der Waals surface area (Å²) in [5.41, 5.74) is 0.364. The maximum atomic E-state index is 13.8. The number of anilines is 2. The van der Waals surface area contributed by atoms with Crippen LogP contribution >= 0.6 is 0 Å². The predicted octanol–water partition coefficient (Wildman–Crippen LogP) is 3.77. The molecule has 6 nitrogen and oxygen atoms in total. The summed E-state index contributed by atoms with van der Waals surface area (Å²) in [6.07, 6.45) is 0.156. The summed E-state index contributed by atoms with van der Waals surface area (Å²) in [6.45, 7) is 1.61. The number of halogens is 3. The zero-order valence-corrected chi connectivity index (χ0v) is 19.6. The van der Waals surface area contributed by atoms with Crippen LogP contribution in [0, 0.1) is 0 Å². The number of nitrogens with one attached hydrogen (secondary N) is 1. The van der Waals surface area contributed by atoms with Crippen molar-refractivity contribution < 1.29 is 18.3 Å². The third kappa shape index (κ3) is 3.93. The van der Waals surface area contributed by atoms with E-state index in [1.807, 2.05) is 6.07 Å².